The van der Waals surface area contributed by atoms with E-state index in [2.05, 4.69) is 124 Å². The molecular weight excluding hydrogens is 564 g/mol. The third-order valence-corrected chi connectivity index (χ3v) is 8.45. The van der Waals surface area contributed by atoms with Crippen LogP contribution in [0.1, 0.15) is 0 Å². The summed E-state index contributed by atoms with van der Waals surface area (Å²) in [5, 5.41) is 4.34. The van der Waals surface area contributed by atoms with Crippen LogP contribution in [0.4, 0.5) is 0 Å². The molecular formula is C40H24N6. The molecule has 214 valence electrons. The molecule has 5 aromatic heterocycles. The second-order valence-electron chi connectivity index (χ2n) is 11.3. The van der Waals surface area contributed by atoms with Crippen LogP contribution in [0, 0.1) is 0 Å². The van der Waals surface area contributed by atoms with Crippen LogP contribution in [0.5, 0.6) is 0 Å². The maximum absolute atomic E-state index is 5.00. The minimum absolute atomic E-state index is 0.763. The summed E-state index contributed by atoms with van der Waals surface area (Å²) in [6.45, 7) is 0. The third kappa shape index (κ3) is 4.60. The quantitative estimate of drug-likeness (QED) is 0.191. The summed E-state index contributed by atoms with van der Waals surface area (Å²) in [7, 11) is 0. The van der Waals surface area contributed by atoms with E-state index in [1.807, 2.05) is 18.3 Å². The first-order chi connectivity index (χ1) is 22.7. The Kier molecular flexibility index (Phi) is 6.03. The summed E-state index contributed by atoms with van der Waals surface area (Å²) in [4.78, 5) is 27.9. The molecule has 6 heteroatoms. The number of fused-ring (bicyclic) bond motifs is 5. The zero-order chi connectivity index (χ0) is 30.5. The Balaban J connectivity index is 0.993. The summed E-state index contributed by atoms with van der Waals surface area (Å²) in [6.07, 6.45) is 6.90. The van der Waals surface area contributed by atoms with Gasteiger partial charge in [-0.3, -0.25) is 15.0 Å². The Morgan fingerprint density at radius 1 is 0.348 bits per heavy atom. The van der Waals surface area contributed by atoms with E-state index < -0.39 is 0 Å². The van der Waals surface area contributed by atoms with Gasteiger partial charge in [0.1, 0.15) is 5.69 Å². The Morgan fingerprint density at radius 2 is 0.913 bits per heavy atom. The van der Waals surface area contributed by atoms with Gasteiger partial charge in [-0.1, -0.05) is 72.8 Å². The molecule has 6 nitrogen and oxygen atoms in total. The lowest BCUT2D eigenvalue weighted by atomic mass is 10.0. The first-order valence-corrected chi connectivity index (χ1v) is 15.1. The Morgan fingerprint density at radius 3 is 1.59 bits per heavy atom. The number of rotatable bonds is 4. The van der Waals surface area contributed by atoms with Gasteiger partial charge in [-0.2, -0.15) is 0 Å². The maximum Gasteiger partial charge on any atom is 0.107 e. The van der Waals surface area contributed by atoms with Crippen LogP contribution < -0.4 is 0 Å². The normalized spacial score (nSPS) is 11.5. The van der Waals surface area contributed by atoms with Gasteiger partial charge in [-0.25, -0.2) is 15.0 Å². The van der Waals surface area contributed by atoms with Gasteiger partial charge in [0.2, 0.25) is 0 Å². The average Bonchev–Trinajstić information content (AvgIpc) is 3.14. The molecule has 0 N–H and O–H groups in total. The largest absolute Gasteiger partial charge is 0.261 e. The lowest BCUT2D eigenvalue weighted by Gasteiger charge is -2.09. The van der Waals surface area contributed by atoms with Crippen molar-refractivity contribution in [1.82, 2.24) is 29.9 Å². The molecule has 0 atom stereocenters. The second-order valence-corrected chi connectivity index (χ2v) is 11.3. The van der Waals surface area contributed by atoms with Crippen molar-refractivity contribution < 1.29 is 0 Å². The zero-order valence-corrected chi connectivity index (χ0v) is 24.5. The highest BCUT2D eigenvalue weighted by molar-refractivity contribution is 6.03. The monoisotopic (exact) mass is 588 g/mol. The zero-order valence-electron chi connectivity index (χ0n) is 24.5. The van der Waals surface area contributed by atoms with E-state index in [0.29, 0.717) is 0 Å². The Bertz CT molecular complexity index is 2580. The number of nitrogens with zero attached hydrogens (tertiary/aromatic N) is 6. The molecule has 0 fully saturated rings. The molecule has 0 unspecified atom stereocenters. The number of benzene rings is 4. The minimum atomic E-state index is 0.763. The number of hydrogen-bond donors (Lipinski definition) is 0. The average molecular weight is 589 g/mol. The summed E-state index contributed by atoms with van der Waals surface area (Å²) >= 11 is 0. The van der Waals surface area contributed by atoms with Crippen LogP contribution in [-0.4, -0.2) is 29.9 Å². The molecule has 0 aliphatic carbocycles. The first kappa shape index (κ1) is 26.0. The summed E-state index contributed by atoms with van der Waals surface area (Å²) in [5.41, 5.74) is 11.5. The van der Waals surface area contributed by atoms with Gasteiger partial charge in [0, 0.05) is 51.3 Å². The highest BCUT2D eigenvalue weighted by Gasteiger charge is 2.09. The van der Waals surface area contributed by atoms with Crippen molar-refractivity contribution in [3.05, 3.63) is 146 Å². The van der Waals surface area contributed by atoms with Crippen LogP contribution >= 0.6 is 0 Å². The van der Waals surface area contributed by atoms with E-state index in [9.17, 15) is 0 Å². The fourth-order valence-corrected chi connectivity index (χ4v) is 6.04. The van der Waals surface area contributed by atoms with E-state index in [4.69, 9.17) is 15.0 Å². The van der Waals surface area contributed by atoms with Crippen molar-refractivity contribution in [3.8, 4) is 45.0 Å². The van der Waals surface area contributed by atoms with Crippen LogP contribution in [-0.2, 0) is 0 Å². The molecule has 0 saturated heterocycles. The highest BCUT2D eigenvalue weighted by Crippen LogP contribution is 2.31. The molecule has 4 aromatic carbocycles. The standard InChI is InChI=1S/C40H24N6/c1-2-27-7-8-28-9-14-34(46-40(28)39(27)43-19-1)26-5-3-25(4-6-26)33-17-12-31-22-29(10-15-35(31)44-33)30-11-16-36-32(23-30)13-18-37(45-36)38-24-41-20-21-42-38/h1-24H. The van der Waals surface area contributed by atoms with Crippen LogP contribution in [0.3, 0.4) is 0 Å². The first-order valence-electron chi connectivity index (χ1n) is 15.1. The van der Waals surface area contributed by atoms with Gasteiger partial charge >= 0.3 is 0 Å². The molecule has 0 amide bonds. The SMILES string of the molecule is c1cnc2c(c1)ccc1ccc(-c3ccc(-c4ccc5cc(-c6ccc7nc(-c8cnccn8)ccc7c6)ccc5n4)cc3)nc12. The molecule has 0 aliphatic rings. The van der Waals surface area contributed by atoms with E-state index in [-0.39, 0.29) is 0 Å². The second kappa shape index (κ2) is 10.6. The van der Waals surface area contributed by atoms with Crippen molar-refractivity contribution in [1.29, 1.82) is 0 Å². The lowest BCUT2D eigenvalue weighted by Crippen LogP contribution is -1.90. The molecule has 0 aliphatic heterocycles. The third-order valence-electron chi connectivity index (χ3n) is 8.45. The van der Waals surface area contributed by atoms with Gasteiger partial charge in [-0.15, -0.1) is 0 Å². The van der Waals surface area contributed by atoms with Crippen molar-refractivity contribution >= 4 is 43.6 Å². The van der Waals surface area contributed by atoms with Crippen molar-refractivity contribution in [2.45, 2.75) is 0 Å². The van der Waals surface area contributed by atoms with Crippen molar-refractivity contribution in [3.63, 3.8) is 0 Å². The number of hydrogen-bond acceptors (Lipinski definition) is 6. The Labute approximate surface area is 264 Å². The van der Waals surface area contributed by atoms with Crippen molar-refractivity contribution in [2.75, 3.05) is 0 Å². The maximum atomic E-state index is 5.00. The summed E-state index contributed by atoms with van der Waals surface area (Å²) in [5.74, 6) is 0. The van der Waals surface area contributed by atoms with Gasteiger partial charge in [0.25, 0.3) is 0 Å². The lowest BCUT2D eigenvalue weighted by molar-refractivity contribution is 1.19. The van der Waals surface area contributed by atoms with E-state index >= 15 is 0 Å². The molecule has 9 rings (SSSR count). The molecule has 5 heterocycles. The van der Waals surface area contributed by atoms with Gasteiger partial charge < -0.3 is 0 Å². The Hall–Kier alpha value is -6.40. The van der Waals surface area contributed by atoms with Crippen LogP contribution in [0.15, 0.2) is 146 Å². The van der Waals surface area contributed by atoms with Gasteiger partial charge in [0.05, 0.1) is 45.3 Å². The van der Waals surface area contributed by atoms with Gasteiger partial charge in [0.15, 0.2) is 0 Å². The van der Waals surface area contributed by atoms with Crippen LogP contribution in [0.2, 0.25) is 0 Å². The highest BCUT2D eigenvalue weighted by atomic mass is 14.8. The molecule has 0 radical (unpaired) electrons. The number of aromatic nitrogens is 6. The van der Waals surface area contributed by atoms with E-state index in [1.165, 1.54) is 0 Å². The van der Waals surface area contributed by atoms with E-state index in [0.717, 1.165) is 88.6 Å². The van der Waals surface area contributed by atoms with E-state index in [1.54, 1.807) is 18.6 Å². The fraction of sp³-hybridized carbons (Fsp3) is 0. The topological polar surface area (TPSA) is 77.3 Å². The predicted octanol–water partition coefficient (Wildman–Crippen LogP) is 9.34. The number of pyridine rings is 4. The predicted molar refractivity (Wildman–Crippen MR) is 185 cm³/mol. The molecule has 0 bridgehead atoms. The fourth-order valence-electron chi connectivity index (χ4n) is 6.04. The minimum Gasteiger partial charge on any atom is -0.261 e. The molecule has 9 aromatic rings. The smallest absolute Gasteiger partial charge is 0.107 e. The molecule has 0 saturated carbocycles. The summed E-state index contributed by atoms with van der Waals surface area (Å²) in [6, 6.07) is 42.0. The van der Waals surface area contributed by atoms with Crippen LogP contribution in [0.25, 0.3) is 88.6 Å². The van der Waals surface area contributed by atoms with Gasteiger partial charge in [-0.05, 0) is 59.7 Å². The molecule has 46 heavy (non-hydrogen) atoms. The molecule has 0 spiro atoms. The summed E-state index contributed by atoms with van der Waals surface area (Å²) < 4.78 is 0. The van der Waals surface area contributed by atoms with Crippen molar-refractivity contribution in [2.24, 2.45) is 0 Å².